The standard InChI is InChI=1S/C15H14Cl2N2O2/c1-9-5-14(15(19(20)21)6-10(9)2)18-8-11-3-4-12(16)13(17)7-11/h3-7,18H,8H2,1-2H3. The lowest BCUT2D eigenvalue weighted by molar-refractivity contribution is -0.384. The summed E-state index contributed by atoms with van der Waals surface area (Å²) in [4.78, 5) is 10.7. The number of hydrogen-bond donors (Lipinski definition) is 1. The van der Waals surface area contributed by atoms with Gasteiger partial charge in [0.05, 0.1) is 15.0 Å². The fourth-order valence-electron chi connectivity index (χ4n) is 1.94. The van der Waals surface area contributed by atoms with Crippen LogP contribution in [0.25, 0.3) is 0 Å². The van der Waals surface area contributed by atoms with E-state index < -0.39 is 0 Å². The van der Waals surface area contributed by atoms with Crippen molar-refractivity contribution in [3.63, 3.8) is 0 Å². The van der Waals surface area contributed by atoms with E-state index in [9.17, 15) is 10.1 Å². The number of benzene rings is 2. The Morgan fingerprint density at radius 1 is 1.10 bits per heavy atom. The number of aryl methyl sites for hydroxylation is 2. The maximum absolute atomic E-state index is 11.1. The maximum Gasteiger partial charge on any atom is 0.292 e. The minimum absolute atomic E-state index is 0.0677. The summed E-state index contributed by atoms with van der Waals surface area (Å²) in [6, 6.07) is 8.63. The quantitative estimate of drug-likeness (QED) is 0.626. The van der Waals surface area contributed by atoms with Gasteiger partial charge in [0.15, 0.2) is 0 Å². The molecule has 0 aliphatic carbocycles. The Morgan fingerprint density at radius 3 is 2.38 bits per heavy atom. The molecular weight excluding hydrogens is 311 g/mol. The number of halogens is 2. The number of hydrogen-bond acceptors (Lipinski definition) is 3. The van der Waals surface area contributed by atoms with E-state index in [0.29, 0.717) is 22.3 Å². The molecular formula is C15H14Cl2N2O2. The second-order valence-corrected chi connectivity index (χ2v) is 5.63. The van der Waals surface area contributed by atoms with Crippen LogP contribution in [0.2, 0.25) is 10.0 Å². The summed E-state index contributed by atoms with van der Waals surface area (Å²) in [6.45, 7) is 4.20. The number of nitrogens with one attached hydrogen (secondary N) is 1. The summed E-state index contributed by atoms with van der Waals surface area (Å²) in [6.07, 6.45) is 0. The Bertz CT molecular complexity index is 702. The van der Waals surface area contributed by atoms with Crippen LogP contribution in [0.1, 0.15) is 16.7 Å². The van der Waals surface area contributed by atoms with Crippen molar-refractivity contribution in [3.05, 3.63) is 67.2 Å². The summed E-state index contributed by atoms with van der Waals surface area (Å²) >= 11 is 11.8. The van der Waals surface area contributed by atoms with Gasteiger partial charge in [-0.1, -0.05) is 29.3 Å². The van der Waals surface area contributed by atoms with Gasteiger partial charge in [-0.15, -0.1) is 0 Å². The van der Waals surface area contributed by atoms with Gasteiger partial charge in [0.1, 0.15) is 5.69 Å². The molecule has 2 aromatic carbocycles. The van der Waals surface area contributed by atoms with Crippen molar-refractivity contribution >= 4 is 34.6 Å². The van der Waals surface area contributed by atoms with Crippen LogP contribution < -0.4 is 5.32 Å². The molecule has 1 N–H and O–H groups in total. The Hall–Kier alpha value is -1.78. The number of rotatable bonds is 4. The van der Waals surface area contributed by atoms with Crippen LogP contribution in [0.3, 0.4) is 0 Å². The predicted octanol–water partition coefficient (Wildman–Crippen LogP) is 5.13. The lowest BCUT2D eigenvalue weighted by atomic mass is 10.1. The molecule has 0 fully saturated rings. The average molecular weight is 325 g/mol. The molecule has 0 atom stereocenters. The summed E-state index contributed by atoms with van der Waals surface area (Å²) in [5.74, 6) is 0. The average Bonchev–Trinajstić information content (AvgIpc) is 2.43. The Labute approximate surface area is 132 Å². The van der Waals surface area contributed by atoms with Gasteiger partial charge < -0.3 is 5.32 Å². The highest BCUT2D eigenvalue weighted by Gasteiger charge is 2.15. The molecule has 110 valence electrons. The van der Waals surface area contributed by atoms with Crippen LogP contribution in [-0.2, 0) is 6.54 Å². The predicted molar refractivity (Wildman–Crippen MR) is 86.4 cm³/mol. The van der Waals surface area contributed by atoms with E-state index in [-0.39, 0.29) is 10.6 Å². The smallest absolute Gasteiger partial charge is 0.292 e. The second-order valence-electron chi connectivity index (χ2n) is 4.81. The van der Waals surface area contributed by atoms with E-state index in [1.807, 2.05) is 19.9 Å². The van der Waals surface area contributed by atoms with Crippen molar-refractivity contribution in [3.8, 4) is 0 Å². The Balaban J connectivity index is 2.24. The summed E-state index contributed by atoms with van der Waals surface area (Å²) < 4.78 is 0. The first kappa shape index (κ1) is 15.6. The zero-order chi connectivity index (χ0) is 15.6. The fraction of sp³-hybridized carbons (Fsp3) is 0.200. The van der Waals surface area contributed by atoms with Crippen molar-refractivity contribution in [2.75, 3.05) is 5.32 Å². The normalized spacial score (nSPS) is 10.5. The van der Waals surface area contributed by atoms with Gasteiger partial charge >= 0.3 is 0 Å². The molecule has 0 amide bonds. The van der Waals surface area contributed by atoms with Gasteiger partial charge in [-0.2, -0.15) is 0 Å². The first-order valence-corrected chi connectivity index (χ1v) is 7.07. The zero-order valence-electron chi connectivity index (χ0n) is 11.6. The molecule has 0 unspecified atom stereocenters. The molecule has 0 heterocycles. The van der Waals surface area contributed by atoms with Crippen LogP contribution in [-0.4, -0.2) is 4.92 Å². The van der Waals surface area contributed by atoms with Gasteiger partial charge in [0, 0.05) is 12.6 Å². The van der Waals surface area contributed by atoms with Crippen LogP contribution in [0.4, 0.5) is 11.4 Å². The number of anilines is 1. The minimum atomic E-state index is -0.385. The maximum atomic E-state index is 11.1. The van der Waals surface area contributed by atoms with Gasteiger partial charge in [0.25, 0.3) is 5.69 Å². The third kappa shape index (κ3) is 3.65. The third-order valence-electron chi connectivity index (χ3n) is 3.28. The molecule has 21 heavy (non-hydrogen) atoms. The molecule has 0 saturated carbocycles. The molecule has 0 bridgehead atoms. The largest absolute Gasteiger partial charge is 0.375 e. The van der Waals surface area contributed by atoms with Crippen molar-refractivity contribution in [1.29, 1.82) is 0 Å². The lowest BCUT2D eigenvalue weighted by Crippen LogP contribution is -2.04. The van der Waals surface area contributed by atoms with Crippen LogP contribution >= 0.6 is 23.2 Å². The summed E-state index contributed by atoms with van der Waals surface area (Å²) in [7, 11) is 0. The SMILES string of the molecule is Cc1cc(NCc2ccc(Cl)c(Cl)c2)c([N+](=O)[O-])cc1C. The summed E-state index contributed by atoms with van der Waals surface area (Å²) in [5, 5.41) is 15.2. The zero-order valence-corrected chi connectivity index (χ0v) is 13.1. The van der Waals surface area contributed by atoms with Gasteiger partial charge in [-0.25, -0.2) is 0 Å². The fourth-order valence-corrected chi connectivity index (χ4v) is 2.26. The molecule has 2 rings (SSSR count). The van der Waals surface area contributed by atoms with Gasteiger partial charge in [0.2, 0.25) is 0 Å². The van der Waals surface area contributed by atoms with Gasteiger partial charge in [-0.05, 0) is 48.7 Å². The summed E-state index contributed by atoms with van der Waals surface area (Å²) in [5.41, 5.74) is 3.35. The van der Waals surface area contributed by atoms with E-state index >= 15 is 0 Å². The molecule has 0 spiro atoms. The Kier molecular flexibility index (Phi) is 4.70. The Morgan fingerprint density at radius 2 is 1.76 bits per heavy atom. The van der Waals surface area contributed by atoms with E-state index in [1.165, 1.54) is 0 Å². The van der Waals surface area contributed by atoms with Crippen molar-refractivity contribution < 1.29 is 4.92 Å². The minimum Gasteiger partial charge on any atom is -0.375 e. The first-order chi connectivity index (χ1) is 9.88. The van der Waals surface area contributed by atoms with Gasteiger partial charge in [-0.3, -0.25) is 10.1 Å². The molecule has 0 aromatic heterocycles. The monoisotopic (exact) mass is 324 g/mol. The molecule has 0 radical (unpaired) electrons. The highest BCUT2D eigenvalue weighted by molar-refractivity contribution is 6.42. The molecule has 6 heteroatoms. The molecule has 2 aromatic rings. The third-order valence-corrected chi connectivity index (χ3v) is 4.01. The number of nitro benzene ring substituents is 1. The van der Waals surface area contributed by atoms with Crippen LogP contribution in [0, 0.1) is 24.0 Å². The van der Waals surface area contributed by atoms with Crippen LogP contribution in [0.5, 0.6) is 0 Å². The van der Waals surface area contributed by atoms with E-state index in [2.05, 4.69) is 5.32 Å². The first-order valence-electron chi connectivity index (χ1n) is 6.32. The number of nitro groups is 1. The van der Waals surface area contributed by atoms with E-state index in [4.69, 9.17) is 23.2 Å². The topological polar surface area (TPSA) is 55.2 Å². The van der Waals surface area contributed by atoms with E-state index in [0.717, 1.165) is 16.7 Å². The van der Waals surface area contributed by atoms with Crippen molar-refractivity contribution in [1.82, 2.24) is 0 Å². The van der Waals surface area contributed by atoms with Crippen LogP contribution in [0.15, 0.2) is 30.3 Å². The molecule has 4 nitrogen and oxygen atoms in total. The number of nitrogens with zero attached hydrogens (tertiary/aromatic N) is 1. The molecule has 0 aliphatic rings. The molecule has 0 aliphatic heterocycles. The van der Waals surface area contributed by atoms with Crippen molar-refractivity contribution in [2.24, 2.45) is 0 Å². The highest BCUT2D eigenvalue weighted by atomic mass is 35.5. The highest BCUT2D eigenvalue weighted by Crippen LogP contribution is 2.29. The van der Waals surface area contributed by atoms with E-state index in [1.54, 1.807) is 24.3 Å². The molecule has 0 saturated heterocycles. The lowest BCUT2D eigenvalue weighted by Gasteiger charge is -2.10. The van der Waals surface area contributed by atoms with Crippen molar-refractivity contribution in [2.45, 2.75) is 20.4 Å². The second kappa shape index (κ2) is 6.33.